The van der Waals surface area contributed by atoms with Crippen molar-refractivity contribution >= 4 is 17.4 Å². The summed E-state index contributed by atoms with van der Waals surface area (Å²) in [5.74, 6) is 0. The van der Waals surface area contributed by atoms with Crippen LogP contribution >= 0.6 is 0 Å². The second-order valence-electron chi connectivity index (χ2n) is 5.53. The molecule has 0 atom stereocenters. The molecule has 4 nitrogen and oxygen atoms in total. The SMILES string of the molecule is Cc1ccc(NC(=O)Nc2ccc(-n3cccc3)cc2)c(C)c1. The maximum Gasteiger partial charge on any atom is 0.323 e. The Morgan fingerprint density at radius 3 is 2.26 bits per heavy atom. The fourth-order valence-corrected chi connectivity index (χ4v) is 2.46. The highest BCUT2D eigenvalue weighted by Gasteiger charge is 2.05. The van der Waals surface area contributed by atoms with Gasteiger partial charge in [-0.3, -0.25) is 0 Å². The first kappa shape index (κ1) is 14.9. The summed E-state index contributed by atoms with van der Waals surface area (Å²) in [5, 5.41) is 5.72. The Bertz CT molecular complexity index is 805. The van der Waals surface area contributed by atoms with E-state index in [1.165, 1.54) is 5.56 Å². The number of carbonyl (C=O) groups excluding carboxylic acids is 1. The van der Waals surface area contributed by atoms with Gasteiger partial charge in [0, 0.05) is 29.5 Å². The second kappa shape index (κ2) is 6.40. The number of urea groups is 1. The largest absolute Gasteiger partial charge is 0.324 e. The molecule has 0 saturated heterocycles. The molecule has 0 aliphatic carbocycles. The molecule has 4 heteroatoms. The maximum atomic E-state index is 12.1. The highest BCUT2D eigenvalue weighted by molar-refractivity contribution is 6.00. The Morgan fingerprint density at radius 2 is 1.61 bits per heavy atom. The van der Waals surface area contributed by atoms with E-state index in [1.54, 1.807) is 0 Å². The maximum absolute atomic E-state index is 12.1. The summed E-state index contributed by atoms with van der Waals surface area (Å²) in [4.78, 5) is 12.1. The molecule has 2 N–H and O–H groups in total. The zero-order valence-electron chi connectivity index (χ0n) is 13.2. The molecule has 0 saturated carbocycles. The number of carbonyl (C=O) groups is 1. The molecule has 3 rings (SSSR count). The highest BCUT2D eigenvalue weighted by Crippen LogP contribution is 2.17. The van der Waals surface area contributed by atoms with Crippen molar-refractivity contribution in [2.24, 2.45) is 0 Å². The van der Waals surface area contributed by atoms with Gasteiger partial charge in [0.25, 0.3) is 0 Å². The average Bonchev–Trinajstić information content (AvgIpc) is 3.05. The normalized spacial score (nSPS) is 10.3. The van der Waals surface area contributed by atoms with Crippen LogP contribution in [0, 0.1) is 13.8 Å². The number of nitrogens with zero attached hydrogens (tertiary/aromatic N) is 1. The Labute approximate surface area is 135 Å². The molecule has 0 bridgehead atoms. The molecule has 3 aromatic rings. The predicted octanol–water partition coefficient (Wildman–Crippen LogP) is 4.74. The zero-order valence-corrected chi connectivity index (χ0v) is 13.2. The third kappa shape index (κ3) is 3.61. The minimum atomic E-state index is -0.245. The lowest BCUT2D eigenvalue weighted by Gasteiger charge is -2.11. The van der Waals surface area contributed by atoms with Crippen LogP contribution in [0.2, 0.25) is 0 Å². The number of hydrogen-bond donors (Lipinski definition) is 2. The predicted molar refractivity (Wildman–Crippen MR) is 94.3 cm³/mol. The number of aromatic nitrogens is 1. The van der Waals surface area contributed by atoms with Crippen LogP contribution in [-0.4, -0.2) is 10.6 Å². The third-order valence-corrected chi connectivity index (χ3v) is 3.66. The van der Waals surface area contributed by atoms with Gasteiger partial charge in [0.15, 0.2) is 0 Å². The van der Waals surface area contributed by atoms with Crippen LogP contribution in [0.1, 0.15) is 11.1 Å². The van der Waals surface area contributed by atoms with Crippen LogP contribution in [0.3, 0.4) is 0 Å². The number of hydrogen-bond acceptors (Lipinski definition) is 1. The van der Waals surface area contributed by atoms with E-state index in [-0.39, 0.29) is 6.03 Å². The van der Waals surface area contributed by atoms with Crippen LogP contribution < -0.4 is 10.6 Å². The first-order valence-electron chi connectivity index (χ1n) is 7.50. The van der Waals surface area contributed by atoms with Crippen molar-refractivity contribution in [1.29, 1.82) is 0 Å². The van der Waals surface area contributed by atoms with Gasteiger partial charge in [0.1, 0.15) is 0 Å². The zero-order chi connectivity index (χ0) is 16.2. The Kier molecular flexibility index (Phi) is 4.15. The van der Waals surface area contributed by atoms with E-state index < -0.39 is 0 Å². The van der Waals surface area contributed by atoms with E-state index in [1.807, 2.05) is 85.4 Å². The minimum absolute atomic E-state index is 0.245. The summed E-state index contributed by atoms with van der Waals surface area (Å²) >= 11 is 0. The molecule has 2 amide bonds. The van der Waals surface area contributed by atoms with Crippen molar-refractivity contribution in [3.05, 3.63) is 78.1 Å². The topological polar surface area (TPSA) is 46.1 Å². The van der Waals surface area contributed by atoms with Gasteiger partial charge in [-0.1, -0.05) is 17.7 Å². The molecule has 2 aromatic carbocycles. The Hall–Kier alpha value is -3.01. The molecule has 23 heavy (non-hydrogen) atoms. The van der Waals surface area contributed by atoms with Crippen LogP contribution in [0.15, 0.2) is 67.0 Å². The number of aryl methyl sites for hydroxylation is 2. The smallest absolute Gasteiger partial charge is 0.323 e. The van der Waals surface area contributed by atoms with Gasteiger partial charge in [0.05, 0.1) is 0 Å². The summed E-state index contributed by atoms with van der Waals surface area (Å²) in [7, 11) is 0. The fraction of sp³-hybridized carbons (Fsp3) is 0.105. The summed E-state index contributed by atoms with van der Waals surface area (Å²) in [6.07, 6.45) is 3.96. The van der Waals surface area contributed by atoms with Crippen LogP contribution in [0.25, 0.3) is 5.69 Å². The van der Waals surface area contributed by atoms with E-state index in [0.29, 0.717) is 0 Å². The van der Waals surface area contributed by atoms with Crippen molar-refractivity contribution in [3.63, 3.8) is 0 Å². The quantitative estimate of drug-likeness (QED) is 0.721. The summed E-state index contributed by atoms with van der Waals surface area (Å²) in [6, 6.07) is 17.3. The number of amides is 2. The molecule has 0 aliphatic heterocycles. The van der Waals surface area contributed by atoms with E-state index in [4.69, 9.17) is 0 Å². The van der Waals surface area contributed by atoms with Crippen molar-refractivity contribution < 1.29 is 4.79 Å². The number of rotatable bonds is 3. The van der Waals surface area contributed by atoms with E-state index >= 15 is 0 Å². The minimum Gasteiger partial charge on any atom is -0.324 e. The van der Waals surface area contributed by atoms with Gasteiger partial charge >= 0.3 is 6.03 Å². The van der Waals surface area contributed by atoms with E-state index in [2.05, 4.69) is 10.6 Å². The summed E-state index contributed by atoms with van der Waals surface area (Å²) in [6.45, 7) is 4.01. The first-order chi connectivity index (χ1) is 11.1. The number of benzene rings is 2. The molecular weight excluding hydrogens is 286 g/mol. The van der Waals surface area contributed by atoms with Crippen molar-refractivity contribution in [2.45, 2.75) is 13.8 Å². The monoisotopic (exact) mass is 305 g/mol. The number of anilines is 2. The van der Waals surface area contributed by atoms with Gasteiger partial charge in [0.2, 0.25) is 0 Å². The standard InChI is InChI=1S/C19H19N3O/c1-14-5-10-18(15(2)13-14)21-19(23)20-16-6-8-17(9-7-16)22-11-3-4-12-22/h3-13H,1-2H3,(H2,20,21,23). The molecule has 0 radical (unpaired) electrons. The summed E-state index contributed by atoms with van der Waals surface area (Å²) in [5.41, 5.74) is 4.84. The number of nitrogens with one attached hydrogen (secondary N) is 2. The Morgan fingerprint density at radius 1 is 0.913 bits per heavy atom. The molecule has 116 valence electrons. The summed E-state index contributed by atoms with van der Waals surface area (Å²) < 4.78 is 2.01. The lowest BCUT2D eigenvalue weighted by molar-refractivity contribution is 0.262. The van der Waals surface area contributed by atoms with Gasteiger partial charge < -0.3 is 15.2 Å². The van der Waals surface area contributed by atoms with Gasteiger partial charge in [-0.25, -0.2) is 4.79 Å². The average molecular weight is 305 g/mol. The molecule has 0 aliphatic rings. The third-order valence-electron chi connectivity index (χ3n) is 3.66. The van der Waals surface area contributed by atoms with E-state index in [9.17, 15) is 4.79 Å². The van der Waals surface area contributed by atoms with Gasteiger partial charge in [-0.05, 0) is 61.9 Å². The molecule has 0 unspecified atom stereocenters. The molecular formula is C19H19N3O. The van der Waals surface area contributed by atoms with Crippen molar-refractivity contribution in [2.75, 3.05) is 10.6 Å². The lowest BCUT2D eigenvalue weighted by atomic mass is 10.1. The fourth-order valence-electron chi connectivity index (χ4n) is 2.46. The molecule has 0 spiro atoms. The van der Waals surface area contributed by atoms with Crippen molar-refractivity contribution in [3.8, 4) is 5.69 Å². The molecule has 1 aromatic heterocycles. The Balaban J connectivity index is 1.66. The van der Waals surface area contributed by atoms with Crippen LogP contribution in [-0.2, 0) is 0 Å². The highest BCUT2D eigenvalue weighted by atomic mass is 16.2. The van der Waals surface area contributed by atoms with Crippen LogP contribution in [0.4, 0.5) is 16.2 Å². The molecule has 1 heterocycles. The molecule has 0 fully saturated rings. The first-order valence-corrected chi connectivity index (χ1v) is 7.50. The van der Waals surface area contributed by atoms with Crippen molar-refractivity contribution in [1.82, 2.24) is 4.57 Å². The second-order valence-corrected chi connectivity index (χ2v) is 5.53. The van der Waals surface area contributed by atoms with Gasteiger partial charge in [-0.2, -0.15) is 0 Å². The lowest BCUT2D eigenvalue weighted by Crippen LogP contribution is -2.19. The van der Waals surface area contributed by atoms with Gasteiger partial charge in [-0.15, -0.1) is 0 Å². The van der Waals surface area contributed by atoms with Crippen LogP contribution in [0.5, 0.6) is 0 Å². The van der Waals surface area contributed by atoms with E-state index in [0.717, 1.165) is 22.6 Å².